The number of aryl methyl sites for hydroxylation is 1. The molecule has 0 bridgehead atoms. The van der Waals surface area contributed by atoms with Gasteiger partial charge in [0.05, 0.1) is 7.11 Å². The zero-order chi connectivity index (χ0) is 19.2. The van der Waals surface area contributed by atoms with Crippen molar-refractivity contribution in [2.24, 2.45) is 5.92 Å². The van der Waals surface area contributed by atoms with E-state index >= 15 is 0 Å². The highest BCUT2D eigenvalue weighted by Crippen LogP contribution is 2.30. The van der Waals surface area contributed by atoms with E-state index in [2.05, 4.69) is 5.32 Å². The molecule has 1 heterocycles. The van der Waals surface area contributed by atoms with E-state index in [9.17, 15) is 13.2 Å². The predicted molar refractivity (Wildman–Crippen MR) is 98.7 cm³/mol. The Bertz CT molecular complexity index is 712. The van der Waals surface area contributed by atoms with Crippen LogP contribution in [0.5, 0.6) is 5.75 Å². The number of methoxy groups -OCH3 is 2. The topological polar surface area (TPSA) is 84.9 Å². The molecule has 7 nitrogen and oxygen atoms in total. The van der Waals surface area contributed by atoms with Gasteiger partial charge in [0.1, 0.15) is 10.6 Å². The summed E-state index contributed by atoms with van der Waals surface area (Å²) < 4.78 is 37.6. The number of hydrogen-bond donors (Lipinski definition) is 1. The number of piperidine rings is 1. The Labute approximate surface area is 155 Å². The van der Waals surface area contributed by atoms with E-state index in [-0.39, 0.29) is 16.7 Å². The van der Waals surface area contributed by atoms with Gasteiger partial charge < -0.3 is 14.8 Å². The second kappa shape index (κ2) is 9.34. The summed E-state index contributed by atoms with van der Waals surface area (Å²) in [7, 11) is -0.552. The maximum atomic E-state index is 13.0. The van der Waals surface area contributed by atoms with Crippen LogP contribution in [0.15, 0.2) is 23.1 Å². The minimum absolute atomic E-state index is 0.00807. The molecule has 0 atom stereocenters. The molecular formula is C18H28N2O5S. The molecule has 0 aliphatic carbocycles. The van der Waals surface area contributed by atoms with Crippen molar-refractivity contribution in [1.29, 1.82) is 0 Å². The van der Waals surface area contributed by atoms with Crippen molar-refractivity contribution < 1.29 is 22.7 Å². The molecule has 0 radical (unpaired) electrons. The molecule has 1 aliphatic rings. The lowest BCUT2D eigenvalue weighted by molar-refractivity contribution is -0.126. The van der Waals surface area contributed by atoms with Crippen molar-refractivity contribution in [2.45, 2.75) is 31.1 Å². The summed E-state index contributed by atoms with van der Waals surface area (Å²) in [6.07, 6.45) is 1.80. The minimum atomic E-state index is -3.64. The molecule has 146 valence electrons. The first-order valence-corrected chi connectivity index (χ1v) is 10.3. The van der Waals surface area contributed by atoms with Crippen LogP contribution in [0.25, 0.3) is 0 Å². The molecule has 1 aromatic rings. The third kappa shape index (κ3) is 4.96. The van der Waals surface area contributed by atoms with Crippen LogP contribution >= 0.6 is 0 Å². The van der Waals surface area contributed by atoms with E-state index in [1.54, 1.807) is 19.2 Å². The number of hydrogen-bond acceptors (Lipinski definition) is 5. The van der Waals surface area contributed by atoms with Crippen molar-refractivity contribution in [2.75, 3.05) is 40.5 Å². The molecule has 1 N–H and O–H groups in total. The number of rotatable bonds is 8. The molecule has 0 spiro atoms. The highest BCUT2D eigenvalue weighted by molar-refractivity contribution is 7.89. The summed E-state index contributed by atoms with van der Waals surface area (Å²) in [6, 6.07) is 5.11. The second-order valence-corrected chi connectivity index (χ2v) is 8.38. The van der Waals surface area contributed by atoms with Gasteiger partial charge in [-0.05, 0) is 43.9 Å². The first kappa shape index (κ1) is 20.7. The minimum Gasteiger partial charge on any atom is -0.495 e. The van der Waals surface area contributed by atoms with Gasteiger partial charge in [-0.2, -0.15) is 4.31 Å². The Morgan fingerprint density at radius 3 is 2.58 bits per heavy atom. The van der Waals surface area contributed by atoms with Crippen LogP contribution in [-0.2, 0) is 19.6 Å². The molecular weight excluding hydrogens is 356 g/mol. The quantitative estimate of drug-likeness (QED) is 0.688. The molecule has 8 heteroatoms. The van der Waals surface area contributed by atoms with Gasteiger partial charge in [0.2, 0.25) is 15.9 Å². The monoisotopic (exact) mass is 384 g/mol. The first-order valence-electron chi connectivity index (χ1n) is 8.81. The molecule has 0 unspecified atom stereocenters. The largest absolute Gasteiger partial charge is 0.495 e. The van der Waals surface area contributed by atoms with E-state index < -0.39 is 10.0 Å². The van der Waals surface area contributed by atoms with Crippen LogP contribution < -0.4 is 10.1 Å². The number of nitrogens with zero attached hydrogens (tertiary/aromatic N) is 1. The maximum Gasteiger partial charge on any atom is 0.246 e. The second-order valence-electron chi connectivity index (χ2n) is 6.47. The number of carbonyl (C=O) groups is 1. The molecule has 2 rings (SSSR count). The Kier molecular flexibility index (Phi) is 7.43. The SMILES string of the molecule is COCCCNC(=O)C1CCN(S(=O)(=O)c2cc(C)ccc2OC)CC1. The average molecular weight is 384 g/mol. The normalized spacial score (nSPS) is 16.4. The van der Waals surface area contributed by atoms with Gasteiger partial charge in [-0.3, -0.25) is 4.79 Å². The molecule has 1 saturated heterocycles. The summed E-state index contributed by atoms with van der Waals surface area (Å²) in [5.41, 5.74) is 0.856. The van der Waals surface area contributed by atoms with Crippen LogP contribution in [0.1, 0.15) is 24.8 Å². The fourth-order valence-corrected chi connectivity index (χ4v) is 4.77. The summed E-state index contributed by atoms with van der Waals surface area (Å²) >= 11 is 0. The maximum absolute atomic E-state index is 13.0. The van der Waals surface area contributed by atoms with Gasteiger partial charge in [0.25, 0.3) is 0 Å². The fraction of sp³-hybridized carbons (Fsp3) is 0.611. The number of nitrogens with one attached hydrogen (secondary N) is 1. The number of benzene rings is 1. The Balaban J connectivity index is 1.98. The van der Waals surface area contributed by atoms with Gasteiger partial charge in [0, 0.05) is 39.3 Å². The predicted octanol–water partition coefficient (Wildman–Crippen LogP) is 1.56. The Morgan fingerprint density at radius 2 is 1.96 bits per heavy atom. The lowest BCUT2D eigenvalue weighted by Gasteiger charge is -2.31. The first-order chi connectivity index (χ1) is 12.4. The third-order valence-corrected chi connectivity index (χ3v) is 6.51. The number of carbonyl (C=O) groups excluding carboxylic acids is 1. The number of amides is 1. The molecule has 1 amide bonds. The van der Waals surface area contributed by atoms with Crippen molar-refractivity contribution >= 4 is 15.9 Å². The Hall–Kier alpha value is -1.64. The third-order valence-electron chi connectivity index (χ3n) is 4.59. The van der Waals surface area contributed by atoms with Crippen molar-refractivity contribution in [3.63, 3.8) is 0 Å². The molecule has 0 aromatic heterocycles. The zero-order valence-electron chi connectivity index (χ0n) is 15.7. The lowest BCUT2D eigenvalue weighted by atomic mass is 9.97. The highest BCUT2D eigenvalue weighted by Gasteiger charge is 2.33. The van der Waals surface area contributed by atoms with E-state index in [0.29, 0.717) is 44.8 Å². The zero-order valence-corrected chi connectivity index (χ0v) is 16.5. The van der Waals surface area contributed by atoms with Crippen LogP contribution in [0.2, 0.25) is 0 Å². The lowest BCUT2D eigenvalue weighted by Crippen LogP contribution is -2.43. The van der Waals surface area contributed by atoms with Gasteiger partial charge in [-0.1, -0.05) is 6.07 Å². The summed E-state index contributed by atoms with van der Waals surface area (Å²) in [6.45, 7) is 3.69. The molecule has 26 heavy (non-hydrogen) atoms. The molecule has 0 saturated carbocycles. The summed E-state index contributed by atoms with van der Waals surface area (Å²) in [5.74, 6) is 0.184. The average Bonchev–Trinajstić information content (AvgIpc) is 2.65. The van der Waals surface area contributed by atoms with E-state index in [0.717, 1.165) is 12.0 Å². The van der Waals surface area contributed by atoms with Crippen molar-refractivity contribution in [1.82, 2.24) is 9.62 Å². The Morgan fingerprint density at radius 1 is 1.27 bits per heavy atom. The van der Waals surface area contributed by atoms with Crippen molar-refractivity contribution in [3.05, 3.63) is 23.8 Å². The van der Waals surface area contributed by atoms with Crippen LogP contribution in [-0.4, -0.2) is 59.1 Å². The summed E-state index contributed by atoms with van der Waals surface area (Å²) in [4.78, 5) is 12.4. The number of sulfonamides is 1. The summed E-state index contributed by atoms with van der Waals surface area (Å²) in [5, 5.41) is 2.89. The van der Waals surface area contributed by atoms with Crippen LogP contribution in [0.4, 0.5) is 0 Å². The van der Waals surface area contributed by atoms with Gasteiger partial charge >= 0.3 is 0 Å². The van der Waals surface area contributed by atoms with Gasteiger partial charge in [0.15, 0.2) is 0 Å². The van der Waals surface area contributed by atoms with Gasteiger partial charge in [-0.15, -0.1) is 0 Å². The number of ether oxygens (including phenoxy) is 2. The molecule has 1 fully saturated rings. The fourth-order valence-electron chi connectivity index (χ4n) is 3.06. The smallest absolute Gasteiger partial charge is 0.246 e. The standard InChI is InChI=1S/C18H28N2O5S/c1-14-5-6-16(25-3)17(13-14)26(22,23)20-10-7-15(8-11-20)18(21)19-9-4-12-24-2/h5-6,13,15H,4,7-12H2,1-3H3,(H,19,21). The van der Waals surface area contributed by atoms with Crippen LogP contribution in [0, 0.1) is 12.8 Å². The van der Waals surface area contributed by atoms with Crippen LogP contribution in [0.3, 0.4) is 0 Å². The highest BCUT2D eigenvalue weighted by atomic mass is 32.2. The molecule has 1 aliphatic heterocycles. The van der Waals surface area contributed by atoms with E-state index in [1.807, 2.05) is 13.0 Å². The van der Waals surface area contributed by atoms with E-state index in [4.69, 9.17) is 9.47 Å². The molecule has 1 aromatic carbocycles. The van der Waals surface area contributed by atoms with Crippen molar-refractivity contribution in [3.8, 4) is 5.75 Å². The van der Waals surface area contributed by atoms with E-state index in [1.165, 1.54) is 11.4 Å². The van der Waals surface area contributed by atoms with Gasteiger partial charge in [-0.25, -0.2) is 8.42 Å².